The molecule has 19 nitrogen and oxygen atoms in total. The maximum Gasteiger partial charge on any atom is 0.435 e. The molecule has 7 rings (SSSR count). The smallest absolute Gasteiger partial charge is 0.435 e. The van der Waals surface area contributed by atoms with Crippen LogP contribution in [-0.2, 0) is 29.9 Å². The van der Waals surface area contributed by atoms with E-state index in [1.807, 2.05) is 0 Å². The molecule has 2 aliphatic rings. The van der Waals surface area contributed by atoms with Crippen LogP contribution in [0.5, 0.6) is 0 Å². The molecule has 0 radical (unpaired) electrons. The molecular weight excluding hydrogens is 877 g/mol. The van der Waals surface area contributed by atoms with Gasteiger partial charge in [0.05, 0.1) is 65.3 Å². The Hall–Kier alpha value is -6.36. The molecule has 0 saturated carbocycles. The molecule has 5 aromatic rings. The third kappa shape index (κ3) is 9.84. The van der Waals surface area contributed by atoms with Crippen molar-refractivity contribution in [2.24, 2.45) is 25.7 Å². The number of aliphatic hydroxyl groups is 1. The van der Waals surface area contributed by atoms with E-state index in [9.17, 15) is 42.3 Å². The number of fused-ring (bicyclic) bond motifs is 1. The Labute approximate surface area is 375 Å². The summed E-state index contributed by atoms with van der Waals surface area (Å²) in [6, 6.07) is 8.80. The number of piperidine rings is 1. The van der Waals surface area contributed by atoms with Gasteiger partial charge in [-0.3, -0.25) is 19.2 Å². The van der Waals surface area contributed by atoms with Crippen molar-refractivity contribution in [2.75, 3.05) is 77.4 Å². The number of carboxylic acid groups (broad SMARTS) is 1. The highest BCUT2D eigenvalue weighted by molar-refractivity contribution is 6.34. The van der Waals surface area contributed by atoms with Gasteiger partial charge in [0, 0.05) is 83.9 Å². The number of aromatic nitrogens is 6. The van der Waals surface area contributed by atoms with E-state index in [0.717, 1.165) is 17.1 Å². The molecule has 2 aliphatic heterocycles. The summed E-state index contributed by atoms with van der Waals surface area (Å²) in [4.78, 5) is 76.5. The summed E-state index contributed by atoms with van der Waals surface area (Å²) in [7, 11) is 3.00. The lowest BCUT2D eigenvalue weighted by molar-refractivity contribution is -0.926. The van der Waals surface area contributed by atoms with Gasteiger partial charge in [0.2, 0.25) is 5.91 Å². The van der Waals surface area contributed by atoms with Gasteiger partial charge in [-0.2, -0.15) is 18.3 Å². The predicted molar refractivity (Wildman–Crippen MR) is 230 cm³/mol. The van der Waals surface area contributed by atoms with Crippen molar-refractivity contribution in [3.05, 3.63) is 76.6 Å². The number of benzene rings is 1. The number of carbonyl (C=O) groups is 5. The number of anilines is 1. The fraction of sp³-hybridized carbons (Fsp3) is 0.429. The summed E-state index contributed by atoms with van der Waals surface area (Å²) < 4.78 is 47.5. The fourth-order valence-electron chi connectivity index (χ4n) is 8.62. The number of carboxylic acids is 1. The number of hydrogen-bond donors (Lipinski definition) is 5. The van der Waals surface area contributed by atoms with Crippen LogP contribution in [0.15, 0.2) is 48.8 Å². The number of carbonyl (C=O) groups excluding carboxylic acids is 4. The highest BCUT2D eigenvalue weighted by Gasteiger charge is 2.41. The summed E-state index contributed by atoms with van der Waals surface area (Å²) >= 11 is 6.56. The summed E-state index contributed by atoms with van der Waals surface area (Å²) in [5.41, 5.74) is 5.40. The number of imidazole rings is 1. The van der Waals surface area contributed by atoms with Crippen LogP contribution in [0.1, 0.15) is 56.4 Å². The molecule has 6 heterocycles. The first-order chi connectivity index (χ1) is 30.9. The summed E-state index contributed by atoms with van der Waals surface area (Å²) in [6.07, 6.45) is -0.821. The summed E-state index contributed by atoms with van der Waals surface area (Å²) in [5, 5.41) is 27.6. The quantitative estimate of drug-likeness (QED) is 0.102. The lowest BCUT2D eigenvalue weighted by Crippen LogP contribution is -2.58. The standard InChI is InChI=1S/C42H48ClF3N12O7/c1-53-31-6-7-34(51-30(31)21-32(53)38(62)48-11-19-59)57-23-28(36(52-57)42(44,45)46)33-22-49-37(54(33)2)39(63)50-26-4-5-27(29(43)20-26)41(65)56-14-12-55(13-15-56)40(64)25-8-17-58(18-9-25,16-3-10-47)24-35(60)61/h4-7,20-23,25,59H,3,8-19,24,47H2,1-2H3,(H2-,48,50,60,61,62,63,65)/p+1. The Bertz CT molecular complexity index is 2630. The molecule has 4 aromatic heterocycles. The Balaban J connectivity index is 0.991. The van der Waals surface area contributed by atoms with E-state index in [0.29, 0.717) is 74.0 Å². The average molecular weight is 926 g/mol. The molecule has 0 unspecified atom stereocenters. The maximum absolute atomic E-state index is 14.4. The van der Waals surface area contributed by atoms with Crippen molar-refractivity contribution in [3.63, 3.8) is 0 Å². The number of nitrogens with zero attached hydrogens (tertiary/aromatic N) is 9. The van der Waals surface area contributed by atoms with Gasteiger partial charge in [-0.25, -0.2) is 19.4 Å². The molecule has 2 saturated heterocycles. The van der Waals surface area contributed by atoms with Crippen LogP contribution in [0, 0.1) is 5.92 Å². The molecule has 6 N–H and O–H groups in total. The Morgan fingerprint density at radius 2 is 1.68 bits per heavy atom. The lowest BCUT2D eigenvalue weighted by Gasteiger charge is -2.44. The minimum Gasteiger partial charge on any atom is -0.477 e. The number of halogens is 4. The average Bonchev–Trinajstić information content (AvgIpc) is 3.99. The van der Waals surface area contributed by atoms with Crippen molar-refractivity contribution >= 4 is 57.9 Å². The first kappa shape index (κ1) is 46.6. The molecule has 4 amide bonds. The molecular formula is C42H49ClF3N12O7+. The van der Waals surface area contributed by atoms with Crippen LogP contribution in [0.4, 0.5) is 18.9 Å². The highest BCUT2D eigenvalue weighted by atomic mass is 35.5. The van der Waals surface area contributed by atoms with Gasteiger partial charge in [0.1, 0.15) is 5.69 Å². The first-order valence-electron chi connectivity index (χ1n) is 20.9. The van der Waals surface area contributed by atoms with E-state index in [-0.39, 0.29) is 95.4 Å². The maximum atomic E-state index is 14.4. The first-order valence-corrected chi connectivity index (χ1v) is 21.3. The molecule has 0 atom stereocenters. The number of aliphatic carboxylic acids is 1. The van der Waals surface area contributed by atoms with Crippen LogP contribution in [0.2, 0.25) is 5.02 Å². The van der Waals surface area contributed by atoms with E-state index in [1.165, 1.54) is 41.9 Å². The topological polar surface area (TPSA) is 236 Å². The number of likely N-dealkylation sites (tertiary alicyclic amines) is 1. The number of aliphatic hydroxyl groups excluding tert-OH is 1. The van der Waals surface area contributed by atoms with E-state index < -0.39 is 29.7 Å². The number of nitrogens with two attached hydrogens (primary N) is 1. The lowest BCUT2D eigenvalue weighted by atomic mass is 9.92. The molecule has 65 heavy (non-hydrogen) atoms. The molecule has 2 fully saturated rings. The zero-order valence-corrected chi connectivity index (χ0v) is 36.4. The van der Waals surface area contributed by atoms with Gasteiger partial charge in [0.15, 0.2) is 23.9 Å². The summed E-state index contributed by atoms with van der Waals surface area (Å²) in [5.74, 6) is -2.92. The SMILES string of the molecule is Cn1c(-c2cn(-c3ccc4c(cc(C(=O)NCCO)n4C)n3)nc2C(F)(F)F)cnc1C(=O)Nc1ccc(C(=O)N2CCN(C(=O)C3CC[N+](CCCN)(CC(=O)O)CC3)CC2)c(Cl)c1. The minimum absolute atomic E-state index is 0.000792. The molecule has 0 spiro atoms. The number of rotatable bonds is 14. The van der Waals surface area contributed by atoms with Gasteiger partial charge < -0.3 is 50.0 Å². The van der Waals surface area contributed by atoms with Gasteiger partial charge in [-0.1, -0.05) is 11.6 Å². The predicted octanol–water partition coefficient (Wildman–Crippen LogP) is 2.75. The van der Waals surface area contributed by atoms with E-state index in [4.69, 9.17) is 22.4 Å². The molecule has 23 heteroatoms. The normalized spacial score (nSPS) is 17.9. The number of quaternary nitrogens is 1. The van der Waals surface area contributed by atoms with Crippen molar-refractivity contribution < 1.29 is 51.8 Å². The molecule has 0 bridgehead atoms. The highest BCUT2D eigenvalue weighted by Crippen LogP contribution is 2.37. The Morgan fingerprint density at radius 3 is 2.32 bits per heavy atom. The number of amides is 4. The Kier molecular flexibility index (Phi) is 13.6. The molecule has 1 aromatic carbocycles. The van der Waals surface area contributed by atoms with Crippen LogP contribution in [0.3, 0.4) is 0 Å². The van der Waals surface area contributed by atoms with E-state index in [1.54, 1.807) is 27.5 Å². The second kappa shape index (κ2) is 19.0. The zero-order valence-electron chi connectivity index (χ0n) is 35.6. The number of hydrogen-bond acceptors (Lipinski definition) is 10. The van der Waals surface area contributed by atoms with Gasteiger partial charge in [-0.05, 0) is 42.9 Å². The van der Waals surface area contributed by atoms with Crippen molar-refractivity contribution in [2.45, 2.75) is 25.4 Å². The van der Waals surface area contributed by atoms with Crippen LogP contribution < -0.4 is 16.4 Å². The number of nitrogens with one attached hydrogen (secondary N) is 2. The van der Waals surface area contributed by atoms with E-state index in [2.05, 4.69) is 25.7 Å². The largest absolute Gasteiger partial charge is 0.477 e. The van der Waals surface area contributed by atoms with Crippen molar-refractivity contribution in [3.8, 4) is 17.1 Å². The number of aryl methyl sites for hydroxylation is 1. The van der Waals surface area contributed by atoms with Gasteiger partial charge in [-0.15, -0.1) is 0 Å². The Morgan fingerprint density at radius 1 is 0.969 bits per heavy atom. The van der Waals surface area contributed by atoms with Gasteiger partial charge in [0.25, 0.3) is 17.7 Å². The number of piperazine rings is 1. The third-order valence-electron chi connectivity index (χ3n) is 12.1. The summed E-state index contributed by atoms with van der Waals surface area (Å²) in [6.45, 7) is 3.24. The van der Waals surface area contributed by atoms with Crippen LogP contribution in [-0.4, -0.2) is 155 Å². The van der Waals surface area contributed by atoms with Gasteiger partial charge >= 0.3 is 12.1 Å². The second-order valence-electron chi connectivity index (χ2n) is 16.2. The van der Waals surface area contributed by atoms with Crippen molar-refractivity contribution in [1.29, 1.82) is 0 Å². The van der Waals surface area contributed by atoms with Crippen LogP contribution in [0.25, 0.3) is 28.1 Å². The van der Waals surface area contributed by atoms with Crippen molar-refractivity contribution in [1.82, 2.24) is 44.0 Å². The van der Waals surface area contributed by atoms with E-state index >= 15 is 0 Å². The van der Waals surface area contributed by atoms with Crippen LogP contribution >= 0.6 is 11.6 Å². The molecule has 0 aliphatic carbocycles. The monoisotopic (exact) mass is 925 g/mol. The second-order valence-corrected chi connectivity index (χ2v) is 16.7. The zero-order chi connectivity index (χ0) is 46.8. The number of pyridine rings is 1. The third-order valence-corrected chi connectivity index (χ3v) is 12.4. The fourth-order valence-corrected chi connectivity index (χ4v) is 8.88. The minimum atomic E-state index is -4.91. The molecule has 346 valence electrons. The number of alkyl halides is 3.